The molecule has 3 aromatic rings. The maximum absolute atomic E-state index is 13.7. The summed E-state index contributed by atoms with van der Waals surface area (Å²) < 4.78 is 19.8. The molecule has 0 aliphatic carbocycles. The largest absolute Gasteiger partial charge is 0.492 e. The number of halogens is 2. The molecule has 3 rings (SSSR count). The average molecular weight is 439 g/mol. The highest BCUT2D eigenvalue weighted by Crippen LogP contribution is 2.31. The highest BCUT2D eigenvalue weighted by atomic mass is 35.5. The van der Waals surface area contributed by atoms with Crippen molar-refractivity contribution in [3.8, 4) is 5.75 Å². The monoisotopic (exact) mass is 438 g/mol. The Bertz CT molecular complexity index is 970. The number of hydrogen-bond donors (Lipinski definition) is 2. The van der Waals surface area contributed by atoms with E-state index in [-0.39, 0.29) is 17.3 Å². The molecule has 0 aliphatic heterocycles. The summed E-state index contributed by atoms with van der Waals surface area (Å²) in [5.41, 5.74) is 0.830. The second-order valence-corrected chi connectivity index (χ2v) is 8.02. The smallest absolute Gasteiger partial charge is 0.234 e. The van der Waals surface area contributed by atoms with Gasteiger partial charge in [-0.15, -0.1) is 10.2 Å². The zero-order valence-electron chi connectivity index (χ0n) is 14.7. The Morgan fingerprint density at radius 2 is 2.07 bits per heavy atom. The Balaban J connectivity index is 1.56. The number of ether oxygens (including phenoxy) is 1. The van der Waals surface area contributed by atoms with Crippen LogP contribution in [0.25, 0.3) is 0 Å². The molecule has 0 spiro atoms. The van der Waals surface area contributed by atoms with E-state index in [1.807, 2.05) is 31.2 Å². The summed E-state index contributed by atoms with van der Waals surface area (Å²) in [6, 6.07) is 11.5. The number of carbonyl (C=O) groups is 1. The van der Waals surface area contributed by atoms with Crippen LogP contribution < -0.4 is 15.4 Å². The number of nitrogens with one attached hydrogen (secondary N) is 2. The van der Waals surface area contributed by atoms with Crippen molar-refractivity contribution in [1.82, 2.24) is 10.2 Å². The second kappa shape index (κ2) is 9.72. The van der Waals surface area contributed by atoms with Gasteiger partial charge in [-0.2, -0.15) is 0 Å². The summed E-state index contributed by atoms with van der Waals surface area (Å²) in [6.45, 7) is 2.47. The topological polar surface area (TPSA) is 76.1 Å². The molecule has 1 amide bonds. The van der Waals surface area contributed by atoms with Gasteiger partial charge < -0.3 is 15.4 Å². The van der Waals surface area contributed by atoms with Crippen LogP contribution in [0.1, 0.15) is 6.92 Å². The number of rotatable bonds is 8. The van der Waals surface area contributed by atoms with Gasteiger partial charge in [0.1, 0.15) is 11.6 Å². The first-order valence-electron chi connectivity index (χ1n) is 8.25. The molecule has 1 aromatic heterocycles. The fourth-order valence-electron chi connectivity index (χ4n) is 2.19. The molecule has 1 heterocycles. The molecule has 2 N–H and O–H groups in total. The molecule has 0 unspecified atom stereocenters. The molecular formula is C18H16ClFN4O2S2. The first-order chi connectivity index (χ1) is 13.5. The predicted molar refractivity (Wildman–Crippen MR) is 112 cm³/mol. The molecule has 0 saturated heterocycles. The van der Waals surface area contributed by atoms with Crippen molar-refractivity contribution in [2.75, 3.05) is 23.0 Å². The van der Waals surface area contributed by atoms with Gasteiger partial charge in [0.25, 0.3) is 0 Å². The van der Waals surface area contributed by atoms with Crippen molar-refractivity contribution < 1.29 is 13.9 Å². The molecule has 2 aromatic carbocycles. The van der Waals surface area contributed by atoms with E-state index in [2.05, 4.69) is 20.8 Å². The van der Waals surface area contributed by atoms with Gasteiger partial charge in [-0.3, -0.25) is 4.79 Å². The molecule has 28 heavy (non-hydrogen) atoms. The predicted octanol–water partition coefficient (Wildman–Crippen LogP) is 5.20. The Labute approximate surface area is 174 Å². The van der Waals surface area contributed by atoms with Gasteiger partial charge >= 0.3 is 0 Å². The van der Waals surface area contributed by atoms with Crippen LogP contribution in [-0.4, -0.2) is 28.5 Å². The second-order valence-electron chi connectivity index (χ2n) is 5.39. The fourth-order valence-corrected chi connectivity index (χ4v) is 3.93. The Morgan fingerprint density at radius 3 is 2.89 bits per heavy atom. The summed E-state index contributed by atoms with van der Waals surface area (Å²) in [4.78, 5) is 12.0. The van der Waals surface area contributed by atoms with E-state index in [0.29, 0.717) is 21.1 Å². The zero-order valence-corrected chi connectivity index (χ0v) is 17.1. The highest BCUT2D eigenvalue weighted by Gasteiger charge is 2.12. The third-order valence-electron chi connectivity index (χ3n) is 3.36. The molecule has 0 saturated carbocycles. The summed E-state index contributed by atoms with van der Waals surface area (Å²) in [5, 5.41) is 14.7. The number of nitrogens with zero attached hydrogens (tertiary/aromatic N) is 2. The van der Waals surface area contributed by atoms with Crippen LogP contribution >= 0.6 is 34.7 Å². The first kappa shape index (κ1) is 20.4. The SMILES string of the molecule is CCOc1ccccc1Nc1nnc(SCC(=O)Nc2cc(Cl)ccc2F)s1. The maximum Gasteiger partial charge on any atom is 0.234 e. The standard InChI is InChI=1S/C18H16ClFN4O2S2/c1-2-26-15-6-4-3-5-13(15)22-17-23-24-18(28-17)27-10-16(25)21-14-9-11(19)7-8-12(14)20/h3-9H,2,10H2,1H3,(H,21,25)(H,22,23). The third kappa shape index (κ3) is 5.57. The lowest BCUT2D eigenvalue weighted by Gasteiger charge is -2.09. The third-order valence-corrected chi connectivity index (χ3v) is 5.57. The fraction of sp³-hybridized carbons (Fsp3) is 0.167. The van der Waals surface area contributed by atoms with Crippen molar-refractivity contribution in [1.29, 1.82) is 0 Å². The van der Waals surface area contributed by atoms with Crippen molar-refractivity contribution >= 4 is 57.1 Å². The Morgan fingerprint density at radius 1 is 1.25 bits per heavy atom. The first-order valence-corrected chi connectivity index (χ1v) is 10.4. The van der Waals surface area contributed by atoms with Crippen molar-refractivity contribution in [2.45, 2.75) is 11.3 Å². The Kier molecular flexibility index (Phi) is 7.07. The molecule has 0 fully saturated rings. The quantitative estimate of drug-likeness (QED) is 0.470. The van der Waals surface area contributed by atoms with Crippen LogP contribution in [0.4, 0.5) is 20.9 Å². The average Bonchev–Trinajstić information content (AvgIpc) is 3.12. The van der Waals surface area contributed by atoms with Gasteiger partial charge in [0.2, 0.25) is 11.0 Å². The van der Waals surface area contributed by atoms with Crippen LogP contribution in [0.15, 0.2) is 46.8 Å². The minimum absolute atomic E-state index is 0.0465. The molecule has 6 nitrogen and oxygen atoms in total. The van der Waals surface area contributed by atoms with Gasteiger partial charge in [-0.05, 0) is 37.3 Å². The number of para-hydroxylation sites is 2. The van der Waals surface area contributed by atoms with Crippen molar-refractivity contribution in [2.24, 2.45) is 0 Å². The van der Waals surface area contributed by atoms with Gasteiger partial charge in [-0.25, -0.2) is 4.39 Å². The number of hydrogen-bond acceptors (Lipinski definition) is 7. The summed E-state index contributed by atoms with van der Waals surface area (Å²) in [6.07, 6.45) is 0. The van der Waals surface area contributed by atoms with E-state index in [0.717, 1.165) is 11.4 Å². The summed E-state index contributed by atoms with van der Waals surface area (Å²) in [5.74, 6) is -0.121. The lowest BCUT2D eigenvalue weighted by Crippen LogP contribution is -2.15. The molecule has 146 valence electrons. The number of anilines is 3. The van der Waals surface area contributed by atoms with Gasteiger partial charge in [-0.1, -0.05) is 46.8 Å². The van der Waals surface area contributed by atoms with Gasteiger partial charge in [0, 0.05) is 5.02 Å². The maximum atomic E-state index is 13.7. The van der Waals surface area contributed by atoms with E-state index < -0.39 is 5.82 Å². The van der Waals surface area contributed by atoms with Crippen LogP contribution in [0.3, 0.4) is 0 Å². The van der Waals surface area contributed by atoms with E-state index >= 15 is 0 Å². The number of carbonyl (C=O) groups excluding carboxylic acids is 1. The van der Waals surface area contributed by atoms with Crippen LogP contribution in [0.5, 0.6) is 5.75 Å². The number of amides is 1. The van der Waals surface area contributed by atoms with Gasteiger partial charge in [0.05, 0.1) is 23.7 Å². The number of aromatic nitrogens is 2. The lowest BCUT2D eigenvalue weighted by molar-refractivity contribution is -0.113. The van der Waals surface area contributed by atoms with E-state index in [1.165, 1.54) is 41.3 Å². The lowest BCUT2D eigenvalue weighted by atomic mass is 10.3. The Hall–Kier alpha value is -2.36. The molecule has 0 radical (unpaired) electrons. The van der Waals surface area contributed by atoms with Crippen molar-refractivity contribution in [3.63, 3.8) is 0 Å². The van der Waals surface area contributed by atoms with Gasteiger partial charge in [0.15, 0.2) is 4.34 Å². The normalized spacial score (nSPS) is 10.5. The molecule has 0 atom stereocenters. The molecule has 0 aliphatic rings. The van der Waals surface area contributed by atoms with Crippen LogP contribution in [0.2, 0.25) is 5.02 Å². The van der Waals surface area contributed by atoms with Crippen LogP contribution in [-0.2, 0) is 4.79 Å². The van der Waals surface area contributed by atoms with E-state index in [9.17, 15) is 9.18 Å². The minimum atomic E-state index is -0.543. The minimum Gasteiger partial charge on any atom is -0.492 e. The number of benzene rings is 2. The molecule has 10 heteroatoms. The van der Waals surface area contributed by atoms with Crippen molar-refractivity contribution in [3.05, 3.63) is 53.3 Å². The number of thioether (sulfide) groups is 1. The van der Waals surface area contributed by atoms with E-state index in [1.54, 1.807) is 0 Å². The highest BCUT2D eigenvalue weighted by molar-refractivity contribution is 8.01. The zero-order chi connectivity index (χ0) is 19.9. The summed E-state index contributed by atoms with van der Waals surface area (Å²) in [7, 11) is 0. The van der Waals surface area contributed by atoms with E-state index in [4.69, 9.17) is 16.3 Å². The summed E-state index contributed by atoms with van der Waals surface area (Å²) >= 11 is 8.33. The molecule has 0 bridgehead atoms. The van der Waals surface area contributed by atoms with Crippen LogP contribution in [0, 0.1) is 5.82 Å². The molecular weight excluding hydrogens is 423 g/mol.